The van der Waals surface area contributed by atoms with Crippen LogP contribution in [0.4, 0.5) is 0 Å². The van der Waals surface area contributed by atoms with Crippen LogP contribution >= 0.6 is 23.1 Å². The second kappa shape index (κ2) is 9.27. The first-order valence-electron chi connectivity index (χ1n) is 8.69. The molecule has 0 atom stereocenters. The molecule has 1 aliphatic rings. The molecular formula is C20H21NO5S2. The molecule has 1 aromatic heterocycles. The highest BCUT2D eigenvalue weighted by atomic mass is 32.2. The zero-order valence-electron chi connectivity index (χ0n) is 15.6. The number of aliphatic hydroxyl groups excluding tert-OH is 1. The molecule has 0 saturated heterocycles. The number of imide groups is 1. The molecular weight excluding hydrogens is 398 g/mol. The predicted molar refractivity (Wildman–Crippen MR) is 111 cm³/mol. The molecule has 6 nitrogen and oxygen atoms in total. The average Bonchev–Trinajstić information content (AvgIpc) is 3.31. The number of thiophene rings is 1. The third-order valence-electron chi connectivity index (χ3n) is 4.30. The maximum atomic E-state index is 13.0. The summed E-state index contributed by atoms with van der Waals surface area (Å²) in [5.74, 6) is 1.02. The summed E-state index contributed by atoms with van der Waals surface area (Å²) in [6.07, 6.45) is 0.507. The molecule has 3 rings (SSSR count). The van der Waals surface area contributed by atoms with E-state index in [1.165, 1.54) is 28.0 Å². The minimum atomic E-state index is -0.299. The molecule has 148 valence electrons. The first-order chi connectivity index (χ1) is 13.6. The maximum absolute atomic E-state index is 13.0. The summed E-state index contributed by atoms with van der Waals surface area (Å²) in [5, 5.41) is 11.0. The van der Waals surface area contributed by atoms with Crippen LogP contribution in [0.5, 0.6) is 11.5 Å². The fourth-order valence-electron chi connectivity index (χ4n) is 2.95. The predicted octanol–water partition coefficient (Wildman–Crippen LogP) is 2.81. The lowest BCUT2D eigenvalue weighted by molar-refractivity contribution is -0.136. The minimum absolute atomic E-state index is 0.0565. The van der Waals surface area contributed by atoms with E-state index in [1.54, 1.807) is 20.3 Å². The number of benzene rings is 1. The molecule has 2 amide bonds. The van der Waals surface area contributed by atoms with Crippen molar-refractivity contribution in [3.63, 3.8) is 0 Å². The second-order valence-electron chi connectivity index (χ2n) is 5.95. The summed E-state index contributed by atoms with van der Waals surface area (Å²) in [7, 11) is 3.14. The summed E-state index contributed by atoms with van der Waals surface area (Å²) in [6, 6.07) is 9.23. The number of hydrogen-bond acceptors (Lipinski definition) is 7. The van der Waals surface area contributed by atoms with Crippen LogP contribution in [-0.2, 0) is 16.0 Å². The van der Waals surface area contributed by atoms with Gasteiger partial charge in [-0.2, -0.15) is 0 Å². The van der Waals surface area contributed by atoms with Gasteiger partial charge in [-0.05, 0) is 35.6 Å². The van der Waals surface area contributed by atoms with Crippen molar-refractivity contribution in [2.75, 3.05) is 33.1 Å². The van der Waals surface area contributed by atoms with Crippen molar-refractivity contribution in [1.29, 1.82) is 0 Å². The standard InChI is InChI=1S/C20H21NO5S2/c1-25-14-6-5-13(12-15(14)26-2)7-8-21-19(23)17(16-4-3-10-27-16)18(20(21)24)28-11-9-22/h3-6,10,12,22H,7-9,11H2,1-2H3. The van der Waals surface area contributed by atoms with Crippen LogP contribution in [0.2, 0.25) is 0 Å². The van der Waals surface area contributed by atoms with Crippen molar-refractivity contribution < 1.29 is 24.2 Å². The molecule has 0 aliphatic carbocycles. The molecule has 28 heavy (non-hydrogen) atoms. The molecule has 0 unspecified atom stereocenters. The first kappa shape index (κ1) is 20.4. The summed E-state index contributed by atoms with van der Waals surface area (Å²) in [4.78, 5) is 28.3. The van der Waals surface area contributed by atoms with Gasteiger partial charge in [0.15, 0.2) is 11.5 Å². The van der Waals surface area contributed by atoms with Crippen molar-refractivity contribution in [3.05, 3.63) is 51.1 Å². The Labute approximate surface area is 171 Å². The number of carbonyl (C=O) groups excluding carboxylic acids is 2. The third-order valence-corrected chi connectivity index (χ3v) is 6.24. The SMILES string of the molecule is COc1ccc(CCN2C(=O)C(SCCO)=C(c3cccs3)C2=O)cc1OC. The molecule has 8 heteroatoms. The number of aliphatic hydroxyl groups is 1. The normalized spacial score (nSPS) is 14.2. The zero-order chi connectivity index (χ0) is 20.1. The maximum Gasteiger partial charge on any atom is 0.268 e. The van der Waals surface area contributed by atoms with Crippen LogP contribution in [0.25, 0.3) is 5.57 Å². The number of rotatable bonds is 9. The summed E-state index contributed by atoms with van der Waals surface area (Å²) in [6.45, 7) is 0.213. The van der Waals surface area contributed by atoms with Crippen molar-refractivity contribution >= 4 is 40.5 Å². The molecule has 1 aliphatic heterocycles. The summed E-state index contributed by atoms with van der Waals surface area (Å²) >= 11 is 2.65. The number of amides is 2. The number of ether oxygens (including phenoxy) is 2. The van der Waals surface area contributed by atoms with E-state index >= 15 is 0 Å². The lowest BCUT2D eigenvalue weighted by Crippen LogP contribution is -2.33. The molecule has 0 saturated carbocycles. The zero-order valence-corrected chi connectivity index (χ0v) is 17.3. The average molecular weight is 420 g/mol. The highest BCUT2D eigenvalue weighted by Crippen LogP contribution is 2.37. The Morgan fingerprint density at radius 3 is 2.54 bits per heavy atom. The molecule has 2 aromatic rings. The lowest BCUT2D eigenvalue weighted by atomic mass is 10.1. The van der Waals surface area contributed by atoms with Crippen LogP contribution in [0, 0.1) is 0 Å². The van der Waals surface area contributed by atoms with Crippen LogP contribution in [0.3, 0.4) is 0 Å². The van der Waals surface area contributed by atoms with E-state index in [4.69, 9.17) is 14.6 Å². The number of thioether (sulfide) groups is 1. The van der Waals surface area contributed by atoms with E-state index in [-0.39, 0.29) is 25.0 Å². The Balaban J connectivity index is 1.79. The van der Waals surface area contributed by atoms with Crippen LogP contribution < -0.4 is 9.47 Å². The first-order valence-corrected chi connectivity index (χ1v) is 10.6. The van der Waals surface area contributed by atoms with Crippen molar-refractivity contribution in [3.8, 4) is 11.5 Å². The van der Waals surface area contributed by atoms with Crippen LogP contribution in [-0.4, -0.2) is 54.9 Å². The summed E-state index contributed by atoms with van der Waals surface area (Å²) < 4.78 is 10.5. The topological polar surface area (TPSA) is 76.1 Å². The molecule has 2 heterocycles. The largest absolute Gasteiger partial charge is 0.493 e. The van der Waals surface area contributed by atoms with E-state index in [2.05, 4.69) is 0 Å². The van der Waals surface area contributed by atoms with Gasteiger partial charge in [0.1, 0.15) is 0 Å². The number of carbonyl (C=O) groups is 2. The second-order valence-corrected chi connectivity index (χ2v) is 8.01. The summed E-state index contributed by atoms with van der Waals surface area (Å²) in [5.41, 5.74) is 1.37. The van der Waals surface area contributed by atoms with Gasteiger partial charge < -0.3 is 14.6 Å². The molecule has 0 fully saturated rings. The van der Waals surface area contributed by atoms with Gasteiger partial charge in [0.2, 0.25) is 0 Å². The van der Waals surface area contributed by atoms with Gasteiger partial charge in [-0.3, -0.25) is 14.5 Å². The molecule has 1 aromatic carbocycles. The minimum Gasteiger partial charge on any atom is -0.493 e. The van der Waals surface area contributed by atoms with Crippen LogP contribution in [0.15, 0.2) is 40.6 Å². The van der Waals surface area contributed by atoms with Gasteiger partial charge >= 0.3 is 0 Å². The Kier molecular flexibility index (Phi) is 6.77. The van der Waals surface area contributed by atoms with Gasteiger partial charge in [-0.1, -0.05) is 12.1 Å². The van der Waals surface area contributed by atoms with E-state index < -0.39 is 0 Å². The van der Waals surface area contributed by atoms with E-state index in [1.807, 2.05) is 29.6 Å². The number of nitrogens with zero attached hydrogens (tertiary/aromatic N) is 1. The van der Waals surface area contributed by atoms with E-state index in [0.717, 1.165) is 10.4 Å². The van der Waals surface area contributed by atoms with Crippen LogP contribution in [0.1, 0.15) is 10.4 Å². The fourth-order valence-corrected chi connectivity index (χ4v) is 4.66. The van der Waals surface area contributed by atoms with Gasteiger partial charge in [0.25, 0.3) is 11.8 Å². The Hall–Kier alpha value is -2.29. The molecule has 0 radical (unpaired) electrons. The van der Waals surface area contributed by atoms with Crippen molar-refractivity contribution in [2.24, 2.45) is 0 Å². The fraction of sp³-hybridized carbons (Fsp3) is 0.300. The van der Waals surface area contributed by atoms with Crippen molar-refractivity contribution in [2.45, 2.75) is 6.42 Å². The molecule has 0 spiro atoms. The Morgan fingerprint density at radius 1 is 1.11 bits per heavy atom. The molecule has 0 bridgehead atoms. The van der Waals surface area contributed by atoms with E-state index in [0.29, 0.717) is 34.2 Å². The number of hydrogen-bond donors (Lipinski definition) is 1. The van der Waals surface area contributed by atoms with E-state index in [9.17, 15) is 9.59 Å². The van der Waals surface area contributed by atoms with Gasteiger partial charge in [0, 0.05) is 17.2 Å². The van der Waals surface area contributed by atoms with Gasteiger partial charge in [0.05, 0.1) is 31.3 Å². The van der Waals surface area contributed by atoms with Crippen molar-refractivity contribution in [1.82, 2.24) is 4.90 Å². The third kappa shape index (κ3) is 4.09. The highest BCUT2D eigenvalue weighted by molar-refractivity contribution is 8.04. The lowest BCUT2D eigenvalue weighted by Gasteiger charge is -2.16. The Bertz CT molecular complexity index is 892. The number of methoxy groups -OCH3 is 2. The Morgan fingerprint density at radius 2 is 1.89 bits per heavy atom. The monoisotopic (exact) mass is 419 g/mol. The smallest absolute Gasteiger partial charge is 0.268 e. The molecule has 1 N–H and O–H groups in total. The quantitative estimate of drug-likeness (QED) is 0.630. The van der Waals surface area contributed by atoms with Gasteiger partial charge in [-0.25, -0.2) is 0 Å². The highest BCUT2D eigenvalue weighted by Gasteiger charge is 2.39. The van der Waals surface area contributed by atoms with Gasteiger partial charge in [-0.15, -0.1) is 23.1 Å².